The standard InChI is InChI=1S/C21H22N4O2/c1-27-19-12-6-5-11-18(19)25-21-23-14-17(15-24-21)20(26)22-13-7-10-16-8-3-2-4-9-16/h2-6,8-9,11-12,14-15H,7,10,13H2,1H3,(H,22,26)(H,23,24,25). The zero-order valence-corrected chi connectivity index (χ0v) is 15.2. The molecule has 2 aromatic carbocycles. The molecular formula is C21H22N4O2. The molecule has 3 aromatic rings. The molecule has 0 spiro atoms. The van der Waals surface area contributed by atoms with E-state index in [2.05, 4.69) is 32.7 Å². The van der Waals surface area contributed by atoms with Crippen molar-refractivity contribution in [3.63, 3.8) is 0 Å². The first-order valence-electron chi connectivity index (χ1n) is 8.80. The van der Waals surface area contributed by atoms with Gasteiger partial charge in [-0.05, 0) is 30.5 Å². The first-order chi connectivity index (χ1) is 13.3. The highest BCUT2D eigenvalue weighted by atomic mass is 16.5. The van der Waals surface area contributed by atoms with Gasteiger partial charge in [0.2, 0.25) is 5.95 Å². The molecule has 0 aliphatic carbocycles. The van der Waals surface area contributed by atoms with Gasteiger partial charge >= 0.3 is 0 Å². The molecule has 6 nitrogen and oxygen atoms in total. The largest absolute Gasteiger partial charge is 0.495 e. The Bertz CT molecular complexity index is 867. The summed E-state index contributed by atoms with van der Waals surface area (Å²) >= 11 is 0. The molecule has 0 atom stereocenters. The molecule has 0 fully saturated rings. The molecule has 0 bridgehead atoms. The van der Waals surface area contributed by atoms with Crippen molar-refractivity contribution in [2.45, 2.75) is 12.8 Å². The number of ether oxygens (including phenoxy) is 1. The van der Waals surface area contributed by atoms with Gasteiger partial charge in [0, 0.05) is 18.9 Å². The van der Waals surface area contributed by atoms with E-state index in [-0.39, 0.29) is 5.91 Å². The number of para-hydroxylation sites is 2. The molecule has 1 heterocycles. The highest BCUT2D eigenvalue weighted by Gasteiger charge is 2.08. The normalized spacial score (nSPS) is 10.3. The lowest BCUT2D eigenvalue weighted by Gasteiger charge is -2.10. The van der Waals surface area contributed by atoms with Crippen molar-refractivity contribution in [3.05, 3.63) is 78.1 Å². The van der Waals surface area contributed by atoms with Crippen LogP contribution in [0.2, 0.25) is 0 Å². The first kappa shape index (κ1) is 18.4. The van der Waals surface area contributed by atoms with Crippen LogP contribution in [0.4, 0.5) is 11.6 Å². The summed E-state index contributed by atoms with van der Waals surface area (Å²) in [6.07, 6.45) is 4.83. The van der Waals surface area contributed by atoms with Gasteiger partial charge in [-0.25, -0.2) is 9.97 Å². The maximum Gasteiger partial charge on any atom is 0.254 e. The number of hydrogen-bond acceptors (Lipinski definition) is 5. The Labute approximate surface area is 158 Å². The van der Waals surface area contributed by atoms with Gasteiger partial charge in [-0.15, -0.1) is 0 Å². The highest BCUT2D eigenvalue weighted by Crippen LogP contribution is 2.25. The number of nitrogens with one attached hydrogen (secondary N) is 2. The predicted molar refractivity (Wildman–Crippen MR) is 105 cm³/mol. The van der Waals surface area contributed by atoms with E-state index in [0.717, 1.165) is 18.5 Å². The Morgan fingerprint density at radius 3 is 2.44 bits per heavy atom. The third-order valence-electron chi connectivity index (χ3n) is 4.04. The molecule has 0 saturated heterocycles. The molecule has 1 aromatic heterocycles. The van der Waals surface area contributed by atoms with Crippen molar-refractivity contribution in [2.75, 3.05) is 19.0 Å². The molecule has 2 N–H and O–H groups in total. The van der Waals surface area contributed by atoms with E-state index in [1.165, 1.54) is 18.0 Å². The van der Waals surface area contributed by atoms with E-state index in [0.29, 0.717) is 23.8 Å². The van der Waals surface area contributed by atoms with E-state index < -0.39 is 0 Å². The summed E-state index contributed by atoms with van der Waals surface area (Å²) in [5, 5.41) is 5.98. The van der Waals surface area contributed by atoms with E-state index in [9.17, 15) is 4.79 Å². The number of carbonyl (C=O) groups excluding carboxylic acids is 1. The number of aryl methyl sites for hydroxylation is 1. The lowest BCUT2D eigenvalue weighted by molar-refractivity contribution is 0.0952. The van der Waals surface area contributed by atoms with Crippen LogP contribution in [0.5, 0.6) is 5.75 Å². The second kappa shape index (κ2) is 9.33. The van der Waals surface area contributed by atoms with Gasteiger partial charge in [-0.1, -0.05) is 42.5 Å². The van der Waals surface area contributed by atoms with Crippen LogP contribution in [0.15, 0.2) is 67.0 Å². The molecular weight excluding hydrogens is 340 g/mol. The maximum absolute atomic E-state index is 12.2. The van der Waals surface area contributed by atoms with Gasteiger partial charge in [-0.3, -0.25) is 4.79 Å². The fourth-order valence-electron chi connectivity index (χ4n) is 2.62. The summed E-state index contributed by atoms with van der Waals surface area (Å²) in [4.78, 5) is 20.6. The Morgan fingerprint density at radius 2 is 1.70 bits per heavy atom. The minimum atomic E-state index is -0.174. The number of aromatic nitrogens is 2. The van der Waals surface area contributed by atoms with Crippen LogP contribution in [-0.4, -0.2) is 29.5 Å². The van der Waals surface area contributed by atoms with E-state index >= 15 is 0 Å². The topological polar surface area (TPSA) is 76.1 Å². The van der Waals surface area contributed by atoms with Crippen LogP contribution in [-0.2, 0) is 6.42 Å². The maximum atomic E-state index is 12.2. The smallest absolute Gasteiger partial charge is 0.254 e. The average Bonchev–Trinajstić information content (AvgIpc) is 2.73. The molecule has 0 aliphatic heterocycles. The Hall–Kier alpha value is -3.41. The van der Waals surface area contributed by atoms with Crippen molar-refractivity contribution in [3.8, 4) is 5.75 Å². The van der Waals surface area contributed by atoms with Crippen molar-refractivity contribution in [1.82, 2.24) is 15.3 Å². The zero-order valence-electron chi connectivity index (χ0n) is 15.2. The van der Waals surface area contributed by atoms with Crippen molar-refractivity contribution < 1.29 is 9.53 Å². The highest BCUT2D eigenvalue weighted by molar-refractivity contribution is 5.93. The summed E-state index contributed by atoms with van der Waals surface area (Å²) in [6.45, 7) is 0.606. The van der Waals surface area contributed by atoms with Gasteiger partial charge in [0.05, 0.1) is 18.4 Å². The van der Waals surface area contributed by atoms with Crippen LogP contribution in [0.25, 0.3) is 0 Å². The summed E-state index contributed by atoms with van der Waals surface area (Å²) in [5.41, 5.74) is 2.46. The molecule has 138 valence electrons. The number of nitrogens with zero attached hydrogens (tertiary/aromatic N) is 2. The third-order valence-corrected chi connectivity index (χ3v) is 4.04. The second-order valence-corrected chi connectivity index (χ2v) is 5.97. The molecule has 1 amide bonds. The van der Waals surface area contributed by atoms with Crippen LogP contribution in [0, 0.1) is 0 Å². The molecule has 6 heteroatoms. The first-order valence-corrected chi connectivity index (χ1v) is 8.80. The van der Waals surface area contributed by atoms with Crippen LogP contribution < -0.4 is 15.4 Å². The number of rotatable bonds is 8. The van der Waals surface area contributed by atoms with Crippen LogP contribution in [0.1, 0.15) is 22.3 Å². The Balaban J connectivity index is 1.50. The SMILES string of the molecule is COc1ccccc1Nc1ncc(C(=O)NCCCc2ccccc2)cn1. The molecule has 0 aliphatic rings. The minimum Gasteiger partial charge on any atom is -0.495 e. The number of benzene rings is 2. The average molecular weight is 362 g/mol. The third kappa shape index (κ3) is 5.28. The zero-order chi connectivity index (χ0) is 18.9. The quantitative estimate of drug-likeness (QED) is 0.599. The summed E-state index contributed by atoms with van der Waals surface area (Å²) < 4.78 is 5.28. The van der Waals surface area contributed by atoms with E-state index in [1.54, 1.807) is 7.11 Å². The van der Waals surface area contributed by atoms with Gasteiger partial charge in [0.1, 0.15) is 5.75 Å². The van der Waals surface area contributed by atoms with E-state index in [1.807, 2.05) is 42.5 Å². The van der Waals surface area contributed by atoms with E-state index in [4.69, 9.17) is 4.74 Å². The minimum absolute atomic E-state index is 0.174. The monoisotopic (exact) mass is 362 g/mol. The molecule has 3 rings (SSSR count). The summed E-state index contributed by atoms with van der Waals surface area (Å²) in [5.74, 6) is 0.924. The van der Waals surface area contributed by atoms with Crippen LogP contribution in [0.3, 0.4) is 0 Å². The van der Waals surface area contributed by atoms with Gasteiger partial charge in [0.25, 0.3) is 5.91 Å². The van der Waals surface area contributed by atoms with Gasteiger partial charge in [-0.2, -0.15) is 0 Å². The van der Waals surface area contributed by atoms with Gasteiger partial charge in [0.15, 0.2) is 0 Å². The predicted octanol–water partition coefficient (Wildman–Crippen LogP) is 3.59. The van der Waals surface area contributed by atoms with Gasteiger partial charge < -0.3 is 15.4 Å². The fourth-order valence-corrected chi connectivity index (χ4v) is 2.62. The molecule has 27 heavy (non-hydrogen) atoms. The molecule has 0 unspecified atom stereocenters. The van der Waals surface area contributed by atoms with Crippen molar-refractivity contribution in [1.29, 1.82) is 0 Å². The summed E-state index contributed by atoms with van der Waals surface area (Å²) in [6, 6.07) is 17.7. The number of anilines is 2. The number of carbonyl (C=O) groups is 1. The number of methoxy groups -OCH3 is 1. The Kier molecular flexibility index (Phi) is 6.35. The number of hydrogen-bond donors (Lipinski definition) is 2. The van der Waals surface area contributed by atoms with Crippen molar-refractivity contribution >= 4 is 17.5 Å². The molecule has 0 radical (unpaired) electrons. The van der Waals surface area contributed by atoms with Crippen molar-refractivity contribution in [2.24, 2.45) is 0 Å². The second-order valence-electron chi connectivity index (χ2n) is 5.97. The number of amides is 1. The fraction of sp³-hybridized carbons (Fsp3) is 0.190. The Morgan fingerprint density at radius 1 is 1.00 bits per heavy atom. The lowest BCUT2D eigenvalue weighted by Crippen LogP contribution is -2.25. The lowest BCUT2D eigenvalue weighted by atomic mass is 10.1. The molecule has 0 saturated carbocycles. The summed E-state index contributed by atoms with van der Waals surface area (Å²) in [7, 11) is 1.60. The van der Waals surface area contributed by atoms with Crippen LogP contribution >= 0.6 is 0 Å².